The van der Waals surface area contributed by atoms with Gasteiger partial charge in [0.05, 0.1) is 6.54 Å². The van der Waals surface area contributed by atoms with Gasteiger partial charge in [-0.1, -0.05) is 0 Å². The Balaban J connectivity index is 1.90. The quantitative estimate of drug-likeness (QED) is 0.754. The largest absolute Gasteiger partial charge is 0.478 e. The second-order valence-electron chi connectivity index (χ2n) is 4.82. The van der Waals surface area contributed by atoms with Crippen molar-refractivity contribution in [1.29, 1.82) is 0 Å². The Morgan fingerprint density at radius 2 is 2.25 bits per heavy atom. The van der Waals surface area contributed by atoms with Crippen molar-refractivity contribution in [2.45, 2.75) is 18.9 Å². The first-order chi connectivity index (χ1) is 9.54. The summed E-state index contributed by atoms with van der Waals surface area (Å²) in [5.41, 5.74) is 0.701. The van der Waals surface area contributed by atoms with Crippen LogP contribution in [0.4, 0.5) is 5.82 Å². The zero-order valence-electron chi connectivity index (χ0n) is 11.2. The number of nitrogens with one attached hydrogen (secondary N) is 1. The Morgan fingerprint density at radius 3 is 2.80 bits per heavy atom. The summed E-state index contributed by atoms with van der Waals surface area (Å²) in [5.74, 6) is -0.335. The molecule has 106 valence electrons. The number of likely N-dealkylation sites (N-methyl/N-ethyl adjacent to an activating group) is 1. The van der Waals surface area contributed by atoms with E-state index in [0.717, 1.165) is 18.9 Å². The number of hydrogen-bond acceptors (Lipinski definition) is 4. The molecule has 1 saturated carbocycles. The Kier molecular flexibility index (Phi) is 4.34. The molecule has 1 aliphatic carbocycles. The molecule has 6 nitrogen and oxygen atoms in total. The Morgan fingerprint density at radius 1 is 1.50 bits per heavy atom. The minimum Gasteiger partial charge on any atom is -0.478 e. The van der Waals surface area contributed by atoms with Gasteiger partial charge in [-0.3, -0.25) is 4.79 Å². The van der Waals surface area contributed by atoms with E-state index in [2.05, 4.69) is 10.3 Å². The molecule has 20 heavy (non-hydrogen) atoms. The predicted molar refractivity (Wildman–Crippen MR) is 75.3 cm³/mol. The summed E-state index contributed by atoms with van der Waals surface area (Å²) in [7, 11) is 1.79. The lowest BCUT2D eigenvalue weighted by atomic mass is 10.2. The van der Waals surface area contributed by atoms with Crippen LogP contribution in [0.3, 0.4) is 0 Å². The number of carboxylic acid groups (broad SMARTS) is 1. The van der Waals surface area contributed by atoms with Gasteiger partial charge in [0.25, 0.3) is 0 Å². The van der Waals surface area contributed by atoms with Crippen LogP contribution in [0, 0.1) is 0 Å². The minimum atomic E-state index is -0.997. The summed E-state index contributed by atoms with van der Waals surface area (Å²) in [4.78, 5) is 28.0. The molecule has 0 aromatic carbocycles. The van der Waals surface area contributed by atoms with Crippen LogP contribution in [0.1, 0.15) is 18.4 Å². The number of nitrogens with zero attached hydrogens (tertiary/aromatic N) is 2. The van der Waals surface area contributed by atoms with Gasteiger partial charge < -0.3 is 15.3 Å². The first-order valence-electron chi connectivity index (χ1n) is 6.42. The lowest BCUT2D eigenvalue weighted by Crippen LogP contribution is -2.36. The van der Waals surface area contributed by atoms with E-state index >= 15 is 0 Å². The van der Waals surface area contributed by atoms with E-state index in [0.29, 0.717) is 17.4 Å². The van der Waals surface area contributed by atoms with E-state index in [4.69, 9.17) is 5.11 Å². The number of rotatable bonds is 6. The van der Waals surface area contributed by atoms with E-state index in [1.54, 1.807) is 30.3 Å². The molecule has 2 rings (SSSR count). The summed E-state index contributed by atoms with van der Waals surface area (Å²) < 4.78 is 0. The van der Waals surface area contributed by atoms with Crippen LogP contribution in [-0.2, 0) is 9.59 Å². The predicted octanol–water partition coefficient (Wildman–Crippen LogP) is 0.894. The molecule has 0 radical (unpaired) electrons. The number of aromatic nitrogens is 1. The van der Waals surface area contributed by atoms with Crippen LogP contribution in [0.5, 0.6) is 0 Å². The van der Waals surface area contributed by atoms with Crippen molar-refractivity contribution in [3.8, 4) is 0 Å². The van der Waals surface area contributed by atoms with Crippen LogP contribution in [0.25, 0.3) is 6.08 Å². The maximum Gasteiger partial charge on any atom is 0.328 e. The summed E-state index contributed by atoms with van der Waals surface area (Å²) in [6.45, 7) is 0.258. The van der Waals surface area contributed by atoms with Crippen molar-refractivity contribution in [2.24, 2.45) is 0 Å². The monoisotopic (exact) mass is 275 g/mol. The molecule has 1 heterocycles. The average molecular weight is 275 g/mol. The molecule has 0 saturated heterocycles. The van der Waals surface area contributed by atoms with Crippen molar-refractivity contribution in [1.82, 2.24) is 10.3 Å². The first-order valence-corrected chi connectivity index (χ1v) is 6.42. The highest BCUT2D eigenvalue weighted by Gasteiger charge is 2.23. The van der Waals surface area contributed by atoms with Gasteiger partial charge in [0.2, 0.25) is 5.91 Å². The van der Waals surface area contributed by atoms with Crippen molar-refractivity contribution in [2.75, 3.05) is 18.5 Å². The second-order valence-corrected chi connectivity index (χ2v) is 4.82. The molecular weight excluding hydrogens is 258 g/mol. The van der Waals surface area contributed by atoms with E-state index in [9.17, 15) is 9.59 Å². The molecule has 0 bridgehead atoms. The maximum absolute atomic E-state index is 11.7. The van der Waals surface area contributed by atoms with E-state index in [1.807, 2.05) is 0 Å². The number of pyridine rings is 1. The molecule has 1 aliphatic rings. The van der Waals surface area contributed by atoms with Gasteiger partial charge in [-0.25, -0.2) is 9.78 Å². The van der Waals surface area contributed by atoms with Gasteiger partial charge in [-0.2, -0.15) is 0 Å². The minimum absolute atomic E-state index is 0.00773. The van der Waals surface area contributed by atoms with Crippen molar-refractivity contribution in [3.05, 3.63) is 30.0 Å². The third-order valence-electron chi connectivity index (χ3n) is 2.90. The fourth-order valence-electron chi connectivity index (χ4n) is 1.69. The van der Waals surface area contributed by atoms with E-state index in [-0.39, 0.29) is 12.5 Å². The van der Waals surface area contributed by atoms with Gasteiger partial charge in [0, 0.05) is 25.4 Å². The third kappa shape index (κ3) is 4.38. The number of amides is 1. The summed E-state index contributed by atoms with van der Waals surface area (Å²) in [5, 5.41) is 11.4. The number of carbonyl (C=O) groups excluding carboxylic acids is 1. The summed E-state index contributed by atoms with van der Waals surface area (Å²) in [6, 6.07) is 3.87. The van der Waals surface area contributed by atoms with Crippen LogP contribution in [0.2, 0.25) is 0 Å². The molecule has 1 aromatic heterocycles. The first kappa shape index (κ1) is 14.0. The standard InChI is InChI=1S/C14H17N3O3/c1-17(9-13(18)16-11-4-5-11)12-6-2-10(8-15-12)3-7-14(19)20/h2-3,6-8,11H,4-5,9H2,1H3,(H,16,18)(H,19,20)/b7-3+. The molecule has 1 aromatic rings. The average Bonchev–Trinajstić information content (AvgIpc) is 3.20. The van der Waals surface area contributed by atoms with Gasteiger partial charge in [-0.15, -0.1) is 0 Å². The number of aliphatic carboxylic acids is 1. The van der Waals surface area contributed by atoms with Crippen LogP contribution < -0.4 is 10.2 Å². The molecule has 2 N–H and O–H groups in total. The normalized spacial score (nSPS) is 14.2. The third-order valence-corrected chi connectivity index (χ3v) is 2.90. The molecule has 1 fully saturated rings. The van der Waals surface area contributed by atoms with E-state index < -0.39 is 5.97 Å². The van der Waals surface area contributed by atoms with Crippen LogP contribution in [-0.4, -0.2) is 41.6 Å². The van der Waals surface area contributed by atoms with Crippen molar-refractivity contribution < 1.29 is 14.7 Å². The number of carboxylic acids is 1. The maximum atomic E-state index is 11.7. The molecule has 1 amide bonds. The Hall–Kier alpha value is -2.37. The topological polar surface area (TPSA) is 82.5 Å². The smallest absolute Gasteiger partial charge is 0.328 e. The highest BCUT2D eigenvalue weighted by Crippen LogP contribution is 2.18. The van der Waals surface area contributed by atoms with Crippen LogP contribution in [0.15, 0.2) is 24.4 Å². The van der Waals surface area contributed by atoms with Gasteiger partial charge in [0.1, 0.15) is 5.82 Å². The zero-order chi connectivity index (χ0) is 14.5. The SMILES string of the molecule is CN(CC(=O)NC1CC1)c1ccc(/C=C/C(=O)O)cn1. The van der Waals surface area contributed by atoms with Gasteiger partial charge in [-0.05, 0) is 36.6 Å². The highest BCUT2D eigenvalue weighted by atomic mass is 16.4. The number of anilines is 1. The summed E-state index contributed by atoms with van der Waals surface area (Å²) in [6.07, 6.45) is 6.24. The highest BCUT2D eigenvalue weighted by molar-refractivity contribution is 5.85. The fraction of sp³-hybridized carbons (Fsp3) is 0.357. The molecule has 0 spiro atoms. The van der Waals surface area contributed by atoms with E-state index in [1.165, 1.54) is 6.08 Å². The van der Waals surface area contributed by atoms with Gasteiger partial charge in [0.15, 0.2) is 0 Å². The van der Waals surface area contributed by atoms with Crippen molar-refractivity contribution >= 4 is 23.8 Å². The second kappa shape index (κ2) is 6.18. The number of hydrogen-bond donors (Lipinski definition) is 2. The number of carbonyl (C=O) groups is 2. The zero-order valence-corrected chi connectivity index (χ0v) is 11.2. The van der Waals surface area contributed by atoms with Crippen LogP contribution >= 0.6 is 0 Å². The Bertz CT molecular complexity index is 521. The fourth-order valence-corrected chi connectivity index (χ4v) is 1.69. The lowest BCUT2D eigenvalue weighted by molar-refractivity contribution is -0.131. The molecule has 0 atom stereocenters. The lowest BCUT2D eigenvalue weighted by Gasteiger charge is -2.17. The molecule has 6 heteroatoms. The molecule has 0 aliphatic heterocycles. The van der Waals surface area contributed by atoms with Crippen molar-refractivity contribution in [3.63, 3.8) is 0 Å². The van der Waals surface area contributed by atoms with Gasteiger partial charge >= 0.3 is 5.97 Å². The summed E-state index contributed by atoms with van der Waals surface area (Å²) >= 11 is 0. The molecular formula is C14H17N3O3. The Labute approximate surface area is 117 Å². The molecule has 0 unspecified atom stereocenters.